The molecule has 0 radical (unpaired) electrons. The van der Waals surface area contributed by atoms with E-state index in [-0.39, 0.29) is 11.7 Å². The van der Waals surface area contributed by atoms with Gasteiger partial charge in [-0.2, -0.15) is 13.2 Å². The highest BCUT2D eigenvalue weighted by Gasteiger charge is 2.34. The number of hydrogen-bond acceptors (Lipinski definition) is 1. The molecule has 1 unspecified atom stereocenters. The summed E-state index contributed by atoms with van der Waals surface area (Å²) in [7, 11) is 0. The minimum Gasteiger partial charge on any atom is -0.489 e. The first-order valence-electron chi connectivity index (χ1n) is 6.42. The van der Waals surface area contributed by atoms with Crippen LogP contribution in [-0.2, 0) is 12.6 Å². The Kier molecular flexibility index (Phi) is 2.96. The first-order chi connectivity index (χ1) is 9.47. The van der Waals surface area contributed by atoms with Gasteiger partial charge in [0.05, 0.1) is 5.56 Å². The van der Waals surface area contributed by atoms with Crippen LogP contribution in [0.5, 0.6) is 5.75 Å². The number of para-hydroxylation sites is 1. The molecule has 1 aliphatic rings. The lowest BCUT2D eigenvalue weighted by Gasteiger charge is -2.15. The Hall–Kier alpha value is -1.97. The quantitative estimate of drug-likeness (QED) is 0.735. The summed E-state index contributed by atoms with van der Waals surface area (Å²) >= 11 is 0. The number of fused-ring (bicyclic) bond motifs is 1. The van der Waals surface area contributed by atoms with Gasteiger partial charge in [0.15, 0.2) is 0 Å². The van der Waals surface area contributed by atoms with Gasteiger partial charge in [0.25, 0.3) is 0 Å². The van der Waals surface area contributed by atoms with Gasteiger partial charge in [0.1, 0.15) is 11.9 Å². The summed E-state index contributed by atoms with van der Waals surface area (Å²) in [6.45, 7) is 1.92. The molecule has 2 aromatic carbocycles. The van der Waals surface area contributed by atoms with Crippen molar-refractivity contribution in [2.24, 2.45) is 0 Å². The van der Waals surface area contributed by atoms with E-state index in [1.165, 1.54) is 12.1 Å². The van der Waals surface area contributed by atoms with Gasteiger partial charge < -0.3 is 4.74 Å². The first kappa shape index (κ1) is 13.0. The molecule has 1 nitrogen and oxygen atoms in total. The van der Waals surface area contributed by atoms with E-state index < -0.39 is 11.7 Å². The Labute approximate surface area is 115 Å². The molecule has 0 fully saturated rings. The van der Waals surface area contributed by atoms with E-state index >= 15 is 0 Å². The maximum Gasteiger partial charge on any atom is 0.417 e. The summed E-state index contributed by atoms with van der Waals surface area (Å²) in [4.78, 5) is 0. The Balaban J connectivity index is 2.19. The maximum atomic E-state index is 13.1. The van der Waals surface area contributed by atoms with Gasteiger partial charge in [-0.15, -0.1) is 0 Å². The van der Waals surface area contributed by atoms with Crippen molar-refractivity contribution in [3.05, 3.63) is 53.6 Å². The molecule has 0 aliphatic carbocycles. The predicted molar refractivity (Wildman–Crippen MR) is 70.7 cm³/mol. The summed E-state index contributed by atoms with van der Waals surface area (Å²) in [5, 5.41) is 0. The average Bonchev–Trinajstić information content (AvgIpc) is 2.77. The lowest BCUT2D eigenvalue weighted by molar-refractivity contribution is -0.137. The molecule has 2 aromatic rings. The smallest absolute Gasteiger partial charge is 0.417 e. The SMILES string of the molecule is CC1Cc2cccc(-c3ccccc3C(F)(F)F)c2O1. The van der Waals surface area contributed by atoms with Crippen LogP contribution in [0.25, 0.3) is 11.1 Å². The minimum atomic E-state index is -4.37. The zero-order valence-electron chi connectivity index (χ0n) is 10.9. The molecule has 0 amide bonds. The van der Waals surface area contributed by atoms with Crippen molar-refractivity contribution in [2.45, 2.75) is 25.6 Å². The van der Waals surface area contributed by atoms with Crippen LogP contribution in [0.15, 0.2) is 42.5 Å². The minimum absolute atomic E-state index is 0.00389. The van der Waals surface area contributed by atoms with Crippen LogP contribution in [-0.4, -0.2) is 6.10 Å². The van der Waals surface area contributed by atoms with Crippen LogP contribution in [0.2, 0.25) is 0 Å². The number of halogens is 3. The van der Waals surface area contributed by atoms with E-state index in [4.69, 9.17) is 4.74 Å². The average molecular weight is 278 g/mol. The lowest BCUT2D eigenvalue weighted by atomic mass is 9.96. The van der Waals surface area contributed by atoms with Crippen molar-refractivity contribution in [3.8, 4) is 16.9 Å². The van der Waals surface area contributed by atoms with E-state index in [1.54, 1.807) is 18.2 Å². The summed E-state index contributed by atoms with van der Waals surface area (Å²) in [6, 6.07) is 11.0. The Morgan fingerprint density at radius 2 is 1.70 bits per heavy atom. The number of ether oxygens (including phenoxy) is 1. The van der Waals surface area contributed by atoms with Gasteiger partial charge in [-0.05, 0) is 24.1 Å². The molecule has 0 saturated heterocycles. The molecule has 0 aromatic heterocycles. The monoisotopic (exact) mass is 278 g/mol. The van der Waals surface area contributed by atoms with Crippen molar-refractivity contribution < 1.29 is 17.9 Å². The Bertz CT molecular complexity index is 646. The van der Waals surface area contributed by atoms with Crippen LogP contribution in [0.4, 0.5) is 13.2 Å². The lowest BCUT2D eigenvalue weighted by Crippen LogP contribution is -2.08. The summed E-state index contributed by atoms with van der Waals surface area (Å²) in [5.74, 6) is 0.580. The van der Waals surface area contributed by atoms with Crippen LogP contribution < -0.4 is 4.74 Å². The molecule has 1 heterocycles. The molecular weight excluding hydrogens is 265 g/mol. The molecule has 0 saturated carbocycles. The van der Waals surface area contributed by atoms with Gasteiger partial charge >= 0.3 is 6.18 Å². The van der Waals surface area contributed by atoms with E-state index in [1.807, 2.05) is 13.0 Å². The fraction of sp³-hybridized carbons (Fsp3) is 0.250. The number of hydrogen-bond donors (Lipinski definition) is 0. The highest BCUT2D eigenvalue weighted by Crippen LogP contribution is 2.43. The normalized spacial score (nSPS) is 17.7. The summed E-state index contributed by atoms with van der Waals surface area (Å²) in [5.41, 5.74) is 1.02. The highest BCUT2D eigenvalue weighted by atomic mass is 19.4. The van der Waals surface area contributed by atoms with E-state index in [9.17, 15) is 13.2 Å². The molecule has 20 heavy (non-hydrogen) atoms. The van der Waals surface area contributed by atoms with Crippen molar-refractivity contribution in [2.75, 3.05) is 0 Å². The number of benzene rings is 2. The summed E-state index contributed by atoms with van der Waals surface area (Å²) < 4.78 is 45.1. The molecule has 1 atom stereocenters. The standard InChI is InChI=1S/C16H13F3O/c1-10-9-11-5-4-7-13(15(11)20-10)12-6-2-3-8-14(12)16(17,18)19/h2-8,10H,9H2,1H3. The zero-order chi connectivity index (χ0) is 14.3. The Morgan fingerprint density at radius 3 is 2.45 bits per heavy atom. The fourth-order valence-corrected chi connectivity index (χ4v) is 2.61. The van der Waals surface area contributed by atoms with Gasteiger partial charge in [-0.25, -0.2) is 0 Å². The van der Waals surface area contributed by atoms with Gasteiger partial charge in [-0.1, -0.05) is 36.4 Å². The van der Waals surface area contributed by atoms with Gasteiger partial charge in [0, 0.05) is 12.0 Å². The first-order valence-corrected chi connectivity index (χ1v) is 6.42. The van der Waals surface area contributed by atoms with Crippen molar-refractivity contribution in [1.29, 1.82) is 0 Å². The van der Waals surface area contributed by atoms with E-state index in [0.717, 1.165) is 18.1 Å². The fourth-order valence-electron chi connectivity index (χ4n) is 2.61. The molecule has 104 valence electrons. The number of rotatable bonds is 1. The third-order valence-electron chi connectivity index (χ3n) is 3.45. The zero-order valence-corrected chi connectivity index (χ0v) is 10.9. The van der Waals surface area contributed by atoms with Crippen LogP contribution >= 0.6 is 0 Å². The molecule has 0 spiro atoms. The van der Waals surface area contributed by atoms with Crippen LogP contribution in [0.1, 0.15) is 18.1 Å². The molecule has 0 N–H and O–H groups in total. The van der Waals surface area contributed by atoms with Gasteiger partial charge in [0.2, 0.25) is 0 Å². The molecular formula is C16H13F3O. The molecule has 0 bridgehead atoms. The largest absolute Gasteiger partial charge is 0.489 e. The van der Waals surface area contributed by atoms with Crippen LogP contribution in [0, 0.1) is 0 Å². The maximum absolute atomic E-state index is 13.1. The molecule has 1 aliphatic heterocycles. The highest BCUT2D eigenvalue weighted by molar-refractivity contribution is 5.76. The third kappa shape index (κ3) is 2.15. The van der Waals surface area contributed by atoms with E-state index in [0.29, 0.717) is 11.3 Å². The second-order valence-electron chi connectivity index (χ2n) is 4.97. The predicted octanol–water partition coefficient (Wildman–Crippen LogP) is 4.70. The number of alkyl halides is 3. The summed E-state index contributed by atoms with van der Waals surface area (Å²) in [6.07, 6.45) is -3.63. The Morgan fingerprint density at radius 1 is 1.00 bits per heavy atom. The third-order valence-corrected chi connectivity index (χ3v) is 3.45. The second-order valence-corrected chi connectivity index (χ2v) is 4.97. The van der Waals surface area contributed by atoms with Crippen molar-refractivity contribution in [3.63, 3.8) is 0 Å². The van der Waals surface area contributed by atoms with E-state index in [2.05, 4.69) is 0 Å². The second kappa shape index (κ2) is 4.54. The topological polar surface area (TPSA) is 9.23 Å². The van der Waals surface area contributed by atoms with Crippen LogP contribution in [0.3, 0.4) is 0 Å². The van der Waals surface area contributed by atoms with Crippen molar-refractivity contribution >= 4 is 0 Å². The molecule has 4 heteroatoms. The molecule has 3 rings (SSSR count). The van der Waals surface area contributed by atoms with Crippen molar-refractivity contribution in [1.82, 2.24) is 0 Å². The van der Waals surface area contributed by atoms with Gasteiger partial charge in [-0.3, -0.25) is 0 Å².